The normalized spacial score (nSPS) is 10.4. The van der Waals surface area contributed by atoms with Crippen LogP contribution in [0.5, 0.6) is 0 Å². The predicted molar refractivity (Wildman–Crippen MR) is 78.9 cm³/mol. The van der Waals surface area contributed by atoms with Crippen LogP contribution in [0.2, 0.25) is 0 Å². The van der Waals surface area contributed by atoms with E-state index in [0.717, 1.165) is 30.8 Å². The highest BCUT2D eigenvalue weighted by molar-refractivity contribution is 5.38. The van der Waals surface area contributed by atoms with E-state index in [0.29, 0.717) is 6.54 Å². The third-order valence-electron chi connectivity index (χ3n) is 2.91. The number of hydrogen-bond acceptors (Lipinski definition) is 5. The van der Waals surface area contributed by atoms with E-state index >= 15 is 0 Å². The molecule has 2 aromatic heterocycles. The lowest BCUT2D eigenvalue weighted by Gasteiger charge is -2.07. The van der Waals surface area contributed by atoms with Crippen LogP contribution in [0.3, 0.4) is 0 Å². The molecule has 2 aromatic rings. The number of aromatic nitrogens is 3. The average molecular weight is 273 g/mol. The summed E-state index contributed by atoms with van der Waals surface area (Å²) >= 11 is 0. The number of hydrogen-bond donors (Lipinski definition) is 2. The molecule has 0 fully saturated rings. The fraction of sp³-hybridized carbons (Fsp3) is 0.357. The quantitative estimate of drug-likeness (QED) is 0.719. The van der Waals surface area contributed by atoms with Gasteiger partial charge in [0, 0.05) is 38.1 Å². The highest BCUT2D eigenvalue weighted by Gasteiger charge is 2.00. The van der Waals surface area contributed by atoms with Crippen LogP contribution in [0.15, 0.2) is 41.6 Å². The maximum Gasteiger partial charge on any atom is 0.268 e. The van der Waals surface area contributed by atoms with Crippen LogP contribution in [0.4, 0.5) is 5.69 Å². The Hall–Kier alpha value is -2.21. The molecule has 0 saturated carbocycles. The Bertz CT molecular complexity index is 582. The molecular formula is C14H19N5O. The van der Waals surface area contributed by atoms with E-state index in [4.69, 9.17) is 0 Å². The Labute approximate surface area is 117 Å². The van der Waals surface area contributed by atoms with Gasteiger partial charge in [0.15, 0.2) is 0 Å². The molecule has 2 heterocycles. The van der Waals surface area contributed by atoms with Gasteiger partial charge in [-0.25, -0.2) is 4.68 Å². The van der Waals surface area contributed by atoms with Crippen molar-refractivity contribution in [1.29, 1.82) is 0 Å². The highest BCUT2D eigenvalue weighted by Crippen LogP contribution is 2.01. The van der Waals surface area contributed by atoms with Gasteiger partial charge in [0.25, 0.3) is 5.56 Å². The Balaban J connectivity index is 1.94. The molecule has 0 bridgehead atoms. The first kappa shape index (κ1) is 14.2. The van der Waals surface area contributed by atoms with Gasteiger partial charge in [-0.15, -0.1) is 0 Å². The van der Waals surface area contributed by atoms with E-state index in [1.165, 1.54) is 4.68 Å². The molecule has 2 N–H and O–H groups in total. The van der Waals surface area contributed by atoms with Crippen molar-refractivity contribution in [2.45, 2.75) is 13.0 Å². The summed E-state index contributed by atoms with van der Waals surface area (Å²) in [5.41, 5.74) is 1.75. The van der Waals surface area contributed by atoms with Crippen molar-refractivity contribution in [3.05, 3.63) is 52.7 Å². The summed E-state index contributed by atoms with van der Waals surface area (Å²) in [7, 11) is 1.89. The molecule has 20 heavy (non-hydrogen) atoms. The molecule has 0 aromatic carbocycles. The number of aryl methyl sites for hydroxylation is 2. The number of nitrogens with zero attached hydrogens (tertiary/aromatic N) is 3. The van der Waals surface area contributed by atoms with Crippen molar-refractivity contribution in [2.75, 3.05) is 25.5 Å². The number of rotatable bonds is 7. The van der Waals surface area contributed by atoms with Crippen molar-refractivity contribution < 1.29 is 0 Å². The zero-order chi connectivity index (χ0) is 14.2. The van der Waals surface area contributed by atoms with Crippen molar-refractivity contribution in [3.63, 3.8) is 0 Å². The molecule has 6 nitrogen and oxygen atoms in total. The third-order valence-corrected chi connectivity index (χ3v) is 2.91. The molecule has 6 heteroatoms. The fourth-order valence-corrected chi connectivity index (χ4v) is 1.81. The van der Waals surface area contributed by atoms with Crippen LogP contribution >= 0.6 is 0 Å². The van der Waals surface area contributed by atoms with Gasteiger partial charge in [0.1, 0.15) is 0 Å². The van der Waals surface area contributed by atoms with Crippen LogP contribution in [-0.2, 0) is 13.0 Å². The van der Waals surface area contributed by atoms with Gasteiger partial charge in [0.05, 0.1) is 11.9 Å². The van der Waals surface area contributed by atoms with Crippen molar-refractivity contribution in [2.24, 2.45) is 0 Å². The average Bonchev–Trinajstić information content (AvgIpc) is 2.48. The zero-order valence-electron chi connectivity index (χ0n) is 11.5. The highest BCUT2D eigenvalue weighted by atomic mass is 16.1. The van der Waals surface area contributed by atoms with E-state index in [-0.39, 0.29) is 5.56 Å². The topological polar surface area (TPSA) is 71.8 Å². The second-order valence-electron chi connectivity index (χ2n) is 4.45. The SMILES string of the molecule is CNCCNc1cnn(CCc2cccnc2)c(=O)c1. The van der Waals surface area contributed by atoms with Crippen LogP contribution in [0, 0.1) is 0 Å². The summed E-state index contributed by atoms with van der Waals surface area (Å²) in [6.07, 6.45) is 5.96. The first-order chi connectivity index (χ1) is 9.79. The van der Waals surface area contributed by atoms with Crippen molar-refractivity contribution >= 4 is 5.69 Å². The summed E-state index contributed by atoms with van der Waals surface area (Å²) in [5, 5.41) is 10.3. The molecule has 0 amide bonds. The first-order valence-electron chi connectivity index (χ1n) is 6.64. The molecule has 0 spiro atoms. The lowest BCUT2D eigenvalue weighted by atomic mass is 10.2. The largest absolute Gasteiger partial charge is 0.382 e. The van der Waals surface area contributed by atoms with Gasteiger partial charge in [-0.05, 0) is 25.1 Å². The number of nitrogens with one attached hydrogen (secondary N) is 2. The molecule has 0 aliphatic carbocycles. The number of anilines is 1. The second-order valence-corrected chi connectivity index (χ2v) is 4.45. The summed E-state index contributed by atoms with van der Waals surface area (Å²) in [6.45, 7) is 2.16. The summed E-state index contributed by atoms with van der Waals surface area (Å²) in [4.78, 5) is 16.0. The molecule has 0 aliphatic heterocycles. The van der Waals surface area contributed by atoms with Crippen LogP contribution < -0.4 is 16.2 Å². The van der Waals surface area contributed by atoms with Crippen LogP contribution in [-0.4, -0.2) is 34.9 Å². The van der Waals surface area contributed by atoms with Crippen LogP contribution in [0.25, 0.3) is 0 Å². The van der Waals surface area contributed by atoms with Crippen molar-refractivity contribution in [1.82, 2.24) is 20.1 Å². The summed E-state index contributed by atoms with van der Waals surface area (Å²) < 4.78 is 1.47. The van der Waals surface area contributed by atoms with Crippen molar-refractivity contribution in [3.8, 4) is 0 Å². The van der Waals surface area contributed by atoms with E-state index in [1.54, 1.807) is 24.7 Å². The minimum atomic E-state index is -0.0941. The summed E-state index contributed by atoms with van der Waals surface area (Å²) in [6, 6.07) is 5.46. The van der Waals surface area contributed by atoms with E-state index in [2.05, 4.69) is 20.7 Å². The van der Waals surface area contributed by atoms with Crippen LogP contribution in [0.1, 0.15) is 5.56 Å². The lowest BCUT2D eigenvalue weighted by molar-refractivity contribution is 0.578. The molecule has 106 valence electrons. The van der Waals surface area contributed by atoms with E-state index in [1.807, 2.05) is 19.2 Å². The van der Waals surface area contributed by atoms with Gasteiger partial charge in [-0.2, -0.15) is 5.10 Å². The molecule has 0 unspecified atom stereocenters. The maximum atomic E-state index is 11.9. The monoisotopic (exact) mass is 273 g/mol. The van der Waals surface area contributed by atoms with E-state index in [9.17, 15) is 4.79 Å². The molecule has 0 atom stereocenters. The predicted octanol–water partition coefficient (Wildman–Crippen LogP) is 0.512. The molecule has 0 radical (unpaired) electrons. The zero-order valence-corrected chi connectivity index (χ0v) is 11.5. The summed E-state index contributed by atoms with van der Waals surface area (Å²) in [5.74, 6) is 0. The van der Waals surface area contributed by atoms with Gasteiger partial charge < -0.3 is 10.6 Å². The van der Waals surface area contributed by atoms with E-state index < -0.39 is 0 Å². The Kier molecular flexibility index (Phi) is 5.25. The molecule has 2 rings (SSSR count). The Morgan fingerprint density at radius 2 is 2.20 bits per heavy atom. The first-order valence-corrected chi connectivity index (χ1v) is 6.64. The Morgan fingerprint density at radius 3 is 2.90 bits per heavy atom. The second kappa shape index (κ2) is 7.40. The van der Waals surface area contributed by atoms with Gasteiger partial charge in [-0.3, -0.25) is 9.78 Å². The van der Waals surface area contributed by atoms with Gasteiger partial charge >= 0.3 is 0 Å². The lowest BCUT2D eigenvalue weighted by Crippen LogP contribution is -2.24. The molecule has 0 saturated heterocycles. The van der Waals surface area contributed by atoms with Gasteiger partial charge in [0.2, 0.25) is 0 Å². The molecular weight excluding hydrogens is 254 g/mol. The third kappa shape index (κ3) is 4.17. The minimum Gasteiger partial charge on any atom is -0.382 e. The Morgan fingerprint density at radius 1 is 1.30 bits per heavy atom. The molecule has 0 aliphatic rings. The van der Waals surface area contributed by atoms with Gasteiger partial charge in [-0.1, -0.05) is 6.07 Å². The fourth-order valence-electron chi connectivity index (χ4n) is 1.81. The smallest absolute Gasteiger partial charge is 0.268 e. The number of likely N-dealkylation sites (N-methyl/N-ethyl adjacent to an activating group) is 1. The number of pyridine rings is 1. The standard InChI is InChI=1S/C14H19N5O/c1-15-6-7-17-13-9-14(20)19(18-11-13)8-4-12-3-2-5-16-10-12/h2-3,5,9-11,15,17H,4,6-8H2,1H3. The maximum absolute atomic E-state index is 11.9. The minimum absolute atomic E-state index is 0.0941.